The first kappa shape index (κ1) is 19.6. The smallest absolute Gasteiger partial charge is 0.257 e. The predicted octanol–water partition coefficient (Wildman–Crippen LogP) is 5.53. The van der Waals surface area contributed by atoms with Gasteiger partial charge in [0, 0.05) is 6.08 Å². The molecular weight excluding hydrogens is 403 g/mol. The van der Waals surface area contributed by atoms with Crippen molar-refractivity contribution in [3.8, 4) is 11.5 Å². The summed E-state index contributed by atoms with van der Waals surface area (Å²) in [7, 11) is 1.46. The van der Waals surface area contributed by atoms with Crippen LogP contribution in [-0.2, 0) is 4.79 Å². The van der Waals surface area contributed by atoms with Crippen LogP contribution in [0, 0.1) is 5.82 Å². The molecule has 0 saturated carbocycles. The molecular formula is C23H17FN2O3S. The lowest BCUT2D eigenvalue weighted by atomic mass is 10.2. The van der Waals surface area contributed by atoms with Crippen molar-refractivity contribution in [2.75, 3.05) is 12.0 Å². The first-order valence-electron chi connectivity index (χ1n) is 9.05. The number of para-hydroxylation sites is 1. The first-order chi connectivity index (χ1) is 14.5. The maximum absolute atomic E-state index is 13.4. The second kappa shape index (κ2) is 8.34. The van der Waals surface area contributed by atoms with Crippen molar-refractivity contribution >= 4 is 44.4 Å². The number of hydrogen-bond donors (Lipinski definition) is 1. The molecule has 0 atom stereocenters. The Morgan fingerprint density at radius 1 is 1.13 bits per heavy atom. The number of methoxy groups -OCH3 is 1. The molecule has 7 heteroatoms. The fourth-order valence-electron chi connectivity index (χ4n) is 2.92. The molecule has 5 nitrogen and oxygen atoms in total. The van der Waals surface area contributed by atoms with E-state index in [1.807, 2.05) is 24.3 Å². The Morgan fingerprint density at radius 3 is 2.63 bits per heavy atom. The van der Waals surface area contributed by atoms with Crippen molar-refractivity contribution in [1.82, 2.24) is 4.98 Å². The molecule has 0 radical (unpaired) electrons. The van der Waals surface area contributed by atoms with E-state index in [-0.39, 0.29) is 17.5 Å². The van der Waals surface area contributed by atoms with E-state index < -0.39 is 0 Å². The van der Waals surface area contributed by atoms with E-state index in [1.165, 1.54) is 59.8 Å². The third-order valence-corrected chi connectivity index (χ3v) is 5.42. The minimum atomic E-state index is -0.387. The van der Waals surface area contributed by atoms with E-state index in [2.05, 4.69) is 4.98 Å². The summed E-state index contributed by atoms with van der Waals surface area (Å²) < 4.78 is 19.5. The standard InChI is InChI=1S/C23H17FN2O3S/c1-29-20-14-15(6-12-19(20)27)7-13-22(28)26(17-10-8-16(24)9-11-17)23-25-18-4-2-3-5-21(18)30-23/h2-14,27H,1H3/b13-7+. The molecule has 0 bridgehead atoms. The summed E-state index contributed by atoms with van der Waals surface area (Å²) in [6.45, 7) is 0. The number of thiazole rings is 1. The number of amides is 1. The van der Waals surface area contributed by atoms with Crippen molar-refractivity contribution in [2.24, 2.45) is 0 Å². The molecule has 0 aliphatic rings. The van der Waals surface area contributed by atoms with Crippen molar-refractivity contribution in [1.29, 1.82) is 0 Å². The molecule has 1 N–H and O–H groups in total. The second-order valence-corrected chi connectivity index (χ2v) is 7.39. The second-order valence-electron chi connectivity index (χ2n) is 6.38. The van der Waals surface area contributed by atoms with Gasteiger partial charge >= 0.3 is 0 Å². The van der Waals surface area contributed by atoms with Gasteiger partial charge in [-0.25, -0.2) is 9.37 Å². The van der Waals surface area contributed by atoms with Gasteiger partial charge in [0.2, 0.25) is 0 Å². The summed E-state index contributed by atoms with van der Waals surface area (Å²) >= 11 is 1.38. The van der Waals surface area contributed by atoms with Crippen LogP contribution >= 0.6 is 11.3 Å². The Morgan fingerprint density at radius 2 is 1.90 bits per heavy atom. The molecule has 1 amide bonds. The normalized spacial score (nSPS) is 11.1. The number of benzene rings is 3. The van der Waals surface area contributed by atoms with Crippen molar-refractivity contribution in [2.45, 2.75) is 0 Å². The van der Waals surface area contributed by atoms with Gasteiger partial charge in [-0.3, -0.25) is 9.69 Å². The van der Waals surface area contributed by atoms with E-state index >= 15 is 0 Å². The quantitative estimate of drug-likeness (QED) is 0.432. The number of anilines is 2. The van der Waals surface area contributed by atoms with Crippen LogP contribution in [0.2, 0.25) is 0 Å². The Bertz CT molecular complexity index is 1200. The largest absolute Gasteiger partial charge is 0.504 e. The molecule has 30 heavy (non-hydrogen) atoms. The van der Waals surface area contributed by atoms with E-state index in [9.17, 15) is 14.3 Å². The topological polar surface area (TPSA) is 62.7 Å². The van der Waals surface area contributed by atoms with Gasteiger partial charge in [0.1, 0.15) is 5.82 Å². The minimum Gasteiger partial charge on any atom is -0.504 e. The lowest BCUT2D eigenvalue weighted by Crippen LogP contribution is -2.23. The number of phenolic OH excluding ortho intramolecular Hbond substituents is 1. The molecule has 0 saturated heterocycles. The van der Waals surface area contributed by atoms with Crippen molar-refractivity contribution in [3.05, 3.63) is 84.2 Å². The summed E-state index contributed by atoms with van der Waals surface area (Å²) in [4.78, 5) is 19.1. The lowest BCUT2D eigenvalue weighted by Gasteiger charge is -2.18. The molecule has 0 unspecified atom stereocenters. The molecule has 3 aromatic carbocycles. The maximum Gasteiger partial charge on any atom is 0.257 e. The average molecular weight is 420 g/mol. The molecule has 0 aliphatic heterocycles. The number of phenols is 1. The van der Waals surface area contributed by atoms with Gasteiger partial charge in [-0.1, -0.05) is 29.5 Å². The van der Waals surface area contributed by atoms with Crippen molar-refractivity contribution in [3.63, 3.8) is 0 Å². The molecule has 0 aliphatic carbocycles. The molecule has 4 rings (SSSR count). The van der Waals surface area contributed by atoms with Crippen LogP contribution in [0.25, 0.3) is 16.3 Å². The van der Waals surface area contributed by atoms with Crippen LogP contribution in [0.15, 0.2) is 72.8 Å². The highest BCUT2D eigenvalue weighted by molar-refractivity contribution is 7.22. The summed E-state index contributed by atoms with van der Waals surface area (Å²) in [6, 6.07) is 18.1. The Balaban J connectivity index is 1.71. The maximum atomic E-state index is 13.4. The number of carbonyl (C=O) groups excluding carboxylic acids is 1. The Kier molecular flexibility index (Phi) is 5.45. The zero-order chi connectivity index (χ0) is 21.1. The van der Waals surface area contributed by atoms with E-state index in [0.29, 0.717) is 22.1 Å². The van der Waals surface area contributed by atoms with Crippen LogP contribution < -0.4 is 9.64 Å². The zero-order valence-electron chi connectivity index (χ0n) is 15.9. The van der Waals surface area contributed by atoms with E-state index in [0.717, 1.165) is 10.2 Å². The number of aromatic nitrogens is 1. The fraction of sp³-hybridized carbons (Fsp3) is 0.0435. The Hall–Kier alpha value is -3.71. The molecule has 0 spiro atoms. The monoisotopic (exact) mass is 420 g/mol. The van der Waals surface area contributed by atoms with Gasteiger partial charge in [0.15, 0.2) is 16.6 Å². The van der Waals surface area contributed by atoms with Gasteiger partial charge in [0.05, 0.1) is 23.0 Å². The van der Waals surface area contributed by atoms with Gasteiger partial charge in [-0.05, 0) is 60.2 Å². The highest BCUT2D eigenvalue weighted by Gasteiger charge is 2.20. The van der Waals surface area contributed by atoms with Crippen LogP contribution in [-0.4, -0.2) is 23.1 Å². The minimum absolute atomic E-state index is 0.0170. The summed E-state index contributed by atoms with van der Waals surface area (Å²) in [5, 5.41) is 10.2. The number of carbonyl (C=O) groups is 1. The lowest BCUT2D eigenvalue weighted by molar-refractivity contribution is -0.113. The van der Waals surface area contributed by atoms with Gasteiger partial charge < -0.3 is 9.84 Å². The Labute approximate surface area is 176 Å². The van der Waals surface area contributed by atoms with Crippen molar-refractivity contribution < 1.29 is 19.0 Å². The molecule has 1 aromatic heterocycles. The SMILES string of the molecule is COc1cc(/C=C/C(=O)N(c2ccc(F)cc2)c2nc3ccccc3s2)ccc1O. The highest BCUT2D eigenvalue weighted by atomic mass is 32.1. The van der Waals surface area contributed by atoms with Crippen LogP contribution in [0.5, 0.6) is 11.5 Å². The van der Waals surface area contributed by atoms with Gasteiger partial charge in [-0.2, -0.15) is 0 Å². The predicted molar refractivity (Wildman–Crippen MR) is 117 cm³/mol. The first-order valence-corrected chi connectivity index (χ1v) is 9.87. The third kappa shape index (κ3) is 4.01. The number of fused-ring (bicyclic) bond motifs is 1. The van der Waals surface area contributed by atoms with Crippen LogP contribution in [0.4, 0.5) is 15.2 Å². The average Bonchev–Trinajstić information content (AvgIpc) is 3.18. The number of aromatic hydroxyl groups is 1. The fourth-order valence-corrected chi connectivity index (χ4v) is 3.91. The van der Waals surface area contributed by atoms with Gasteiger partial charge in [-0.15, -0.1) is 0 Å². The molecule has 1 heterocycles. The number of rotatable bonds is 5. The summed E-state index contributed by atoms with van der Waals surface area (Å²) in [5.41, 5.74) is 1.97. The summed E-state index contributed by atoms with van der Waals surface area (Å²) in [6.07, 6.45) is 3.02. The third-order valence-electron chi connectivity index (χ3n) is 4.40. The summed E-state index contributed by atoms with van der Waals surface area (Å²) in [5.74, 6) is -0.399. The number of nitrogens with zero attached hydrogens (tertiary/aromatic N) is 2. The number of hydrogen-bond acceptors (Lipinski definition) is 5. The van der Waals surface area contributed by atoms with Gasteiger partial charge in [0.25, 0.3) is 5.91 Å². The molecule has 0 fully saturated rings. The van der Waals surface area contributed by atoms with E-state index in [4.69, 9.17) is 4.74 Å². The van der Waals surface area contributed by atoms with Crippen LogP contribution in [0.1, 0.15) is 5.56 Å². The number of ether oxygens (including phenoxy) is 1. The molecule has 150 valence electrons. The van der Waals surface area contributed by atoms with Crippen LogP contribution in [0.3, 0.4) is 0 Å². The molecule has 4 aromatic rings. The zero-order valence-corrected chi connectivity index (χ0v) is 16.8. The number of halogens is 1. The van der Waals surface area contributed by atoms with E-state index in [1.54, 1.807) is 18.2 Å². The highest BCUT2D eigenvalue weighted by Crippen LogP contribution is 2.34.